The van der Waals surface area contributed by atoms with Crippen LogP contribution in [0.25, 0.3) is 60.5 Å². The first-order valence-corrected chi connectivity index (χ1v) is 20.5. The fourth-order valence-corrected chi connectivity index (χ4v) is 9.78. The SMILES string of the molecule is [2H]c1c([2H])c([2H])c2c(N(c3cccc(-c4ccccc4)c3)c3ccc4c(c3)c3ccc(C5(c6ccccc6)c6ccccc6-c6ccccc65)cc3n4-c3ccccc3)c([2H])c([2H])c([2H])c2c1[2H]. The summed E-state index contributed by atoms with van der Waals surface area (Å²) >= 11 is 0. The molecule has 10 aromatic carbocycles. The Labute approximate surface area is 365 Å². The van der Waals surface area contributed by atoms with Gasteiger partial charge in [0.2, 0.25) is 0 Å². The van der Waals surface area contributed by atoms with Gasteiger partial charge in [-0.15, -0.1) is 0 Å². The van der Waals surface area contributed by atoms with Crippen LogP contribution in [-0.2, 0) is 5.41 Å². The first-order valence-electron chi connectivity index (χ1n) is 24.0. The molecular formula is C59H40N2. The van der Waals surface area contributed by atoms with Gasteiger partial charge >= 0.3 is 0 Å². The van der Waals surface area contributed by atoms with E-state index in [2.05, 4.69) is 126 Å². The zero-order chi connectivity index (χ0) is 46.4. The highest BCUT2D eigenvalue weighted by Crippen LogP contribution is 2.56. The maximum Gasteiger partial charge on any atom is 0.0714 e. The molecule has 0 fully saturated rings. The molecule has 0 amide bonds. The number of anilines is 3. The molecule has 286 valence electrons. The van der Waals surface area contributed by atoms with Crippen LogP contribution in [0.15, 0.2) is 242 Å². The van der Waals surface area contributed by atoms with Crippen molar-refractivity contribution in [3.63, 3.8) is 0 Å². The molecule has 0 saturated carbocycles. The highest BCUT2D eigenvalue weighted by Gasteiger charge is 2.46. The number of rotatable bonds is 7. The van der Waals surface area contributed by atoms with E-state index in [-0.39, 0.29) is 28.5 Å². The largest absolute Gasteiger partial charge is 0.310 e. The number of nitrogens with zero attached hydrogens (tertiary/aromatic N) is 2. The number of hydrogen-bond donors (Lipinski definition) is 0. The molecule has 0 bridgehead atoms. The summed E-state index contributed by atoms with van der Waals surface area (Å²) in [6.45, 7) is 0. The number of benzene rings is 10. The van der Waals surface area contributed by atoms with Gasteiger partial charge in [-0.1, -0.05) is 188 Å². The third-order valence-electron chi connectivity index (χ3n) is 12.3. The van der Waals surface area contributed by atoms with Crippen molar-refractivity contribution in [1.82, 2.24) is 4.57 Å². The highest BCUT2D eigenvalue weighted by atomic mass is 15.1. The summed E-state index contributed by atoms with van der Waals surface area (Å²) in [7, 11) is 0. The second kappa shape index (κ2) is 14.1. The van der Waals surface area contributed by atoms with Gasteiger partial charge in [-0.2, -0.15) is 0 Å². The summed E-state index contributed by atoms with van der Waals surface area (Å²) < 4.78 is 65.5. The van der Waals surface area contributed by atoms with Gasteiger partial charge in [0.15, 0.2) is 0 Å². The van der Waals surface area contributed by atoms with E-state index in [0.29, 0.717) is 11.4 Å². The minimum atomic E-state index is -0.629. The van der Waals surface area contributed by atoms with Gasteiger partial charge in [-0.05, 0) is 104 Å². The summed E-state index contributed by atoms with van der Waals surface area (Å²) in [5.74, 6) is 0. The molecule has 1 heterocycles. The van der Waals surface area contributed by atoms with E-state index in [0.717, 1.165) is 44.2 Å². The van der Waals surface area contributed by atoms with Crippen LogP contribution in [0.1, 0.15) is 31.8 Å². The van der Waals surface area contributed by atoms with Crippen LogP contribution in [0.5, 0.6) is 0 Å². The smallest absolute Gasteiger partial charge is 0.0714 e. The van der Waals surface area contributed by atoms with E-state index < -0.39 is 35.6 Å². The molecule has 1 aliphatic rings. The number of hydrogen-bond acceptors (Lipinski definition) is 1. The van der Waals surface area contributed by atoms with E-state index in [1.807, 2.05) is 83.8 Å². The fourth-order valence-electron chi connectivity index (χ4n) is 9.78. The average molecular weight is 784 g/mol. The van der Waals surface area contributed by atoms with E-state index in [1.165, 1.54) is 27.8 Å². The van der Waals surface area contributed by atoms with Crippen molar-refractivity contribution in [2.45, 2.75) is 5.41 Å². The lowest BCUT2D eigenvalue weighted by Crippen LogP contribution is -2.28. The topological polar surface area (TPSA) is 8.17 Å². The fraction of sp³-hybridized carbons (Fsp3) is 0.0169. The van der Waals surface area contributed by atoms with Gasteiger partial charge < -0.3 is 9.47 Å². The van der Waals surface area contributed by atoms with Crippen LogP contribution < -0.4 is 4.90 Å². The Morgan fingerprint density at radius 2 is 1.05 bits per heavy atom. The maximum atomic E-state index is 9.56. The molecule has 0 aliphatic heterocycles. The first kappa shape index (κ1) is 28.5. The molecule has 0 saturated heterocycles. The Morgan fingerprint density at radius 1 is 0.410 bits per heavy atom. The second-order valence-corrected chi connectivity index (χ2v) is 15.5. The zero-order valence-corrected chi connectivity index (χ0v) is 32.9. The average Bonchev–Trinajstić information content (AvgIpc) is 3.88. The molecule has 0 atom stereocenters. The third-order valence-corrected chi connectivity index (χ3v) is 12.3. The molecular weight excluding hydrogens is 737 g/mol. The Hall–Kier alpha value is -7.94. The van der Waals surface area contributed by atoms with E-state index in [9.17, 15) is 2.74 Å². The number of aromatic nitrogens is 1. The Bertz CT molecular complexity index is 3780. The van der Waals surface area contributed by atoms with Crippen LogP contribution in [0.2, 0.25) is 0 Å². The van der Waals surface area contributed by atoms with Crippen LogP contribution >= 0.6 is 0 Å². The molecule has 11 aromatic rings. The molecule has 0 N–H and O–H groups in total. The highest BCUT2D eigenvalue weighted by molar-refractivity contribution is 6.12. The van der Waals surface area contributed by atoms with Gasteiger partial charge in [0.1, 0.15) is 0 Å². The van der Waals surface area contributed by atoms with Crippen molar-refractivity contribution in [3.8, 4) is 27.9 Å². The molecule has 1 aromatic heterocycles. The number of para-hydroxylation sites is 1. The zero-order valence-electron chi connectivity index (χ0n) is 39.9. The third kappa shape index (κ3) is 5.43. The van der Waals surface area contributed by atoms with Crippen LogP contribution in [0.4, 0.5) is 17.1 Å². The molecule has 2 nitrogen and oxygen atoms in total. The van der Waals surface area contributed by atoms with Crippen molar-refractivity contribution in [2.24, 2.45) is 0 Å². The standard InChI is InChI=1S/C59H40N2/c1-4-18-41(19-5-1)43-22-16-27-47(38-43)60(56-33-17-21-42-20-10-11-28-49(42)56)48-35-37-57-53(40-48)52-36-34-45(39-58(52)61(57)46-25-8-3-9-26-46)59(44-23-6-2-7-24-44)54-31-14-12-29-50(54)51-30-13-15-32-55(51)59/h1-40H/i10D,11D,17D,20D,21D,28D,33D. The van der Waals surface area contributed by atoms with Crippen molar-refractivity contribution < 1.29 is 9.60 Å². The molecule has 12 rings (SSSR count). The normalized spacial score (nSPS) is 14.3. The Kier molecular flexibility index (Phi) is 6.59. The first-order chi connectivity index (χ1) is 33.2. The second-order valence-electron chi connectivity index (χ2n) is 15.5. The summed E-state index contributed by atoms with van der Waals surface area (Å²) in [5.41, 5.74) is 12.6. The molecule has 0 radical (unpaired) electrons. The van der Waals surface area contributed by atoms with Gasteiger partial charge in [-0.3, -0.25) is 0 Å². The summed E-state index contributed by atoms with van der Waals surface area (Å²) in [6.07, 6.45) is 0. The molecule has 0 unspecified atom stereocenters. The maximum absolute atomic E-state index is 9.56. The van der Waals surface area contributed by atoms with Crippen molar-refractivity contribution >= 4 is 49.6 Å². The molecule has 0 spiro atoms. The molecule has 1 aliphatic carbocycles. The van der Waals surface area contributed by atoms with Gasteiger partial charge in [-0.25, -0.2) is 0 Å². The lowest BCUT2D eigenvalue weighted by Gasteiger charge is -2.34. The minimum Gasteiger partial charge on any atom is -0.310 e. The van der Waals surface area contributed by atoms with Crippen molar-refractivity contribution in [3.05, 3.63) is 265 Å². The quantitative estimate of drug-likeness (QED) is 0.156. The monoisotopic (exact) mass is 783 g/mol. The lowest BCUT2D eigenvalue weighted by atomic mass is 9.67. The predicted molar refractivity (Wildman–Crippen MR) is 256 cm³/mol. The van der Waals surface area contributed by atoms with Crippen molar-refractivity contribution in [1.29, 1.82) is 0 Å². The Balaban J connectivity index is 1.17. The van der Waals surface area contributed by atoms with Gasteiger partial charge in [0.25, 0.3) is 0 Å². The summed E-state index contributed by atoms with van der Waals surface area (Å²) in [6, 6.07) is 66.2. The Morgan fingerprint density at radius 3 is 1.82 bits per heavy atom. The molecule has 61 heavy (non-hydrogen) atoms. The van der Waals surface area contributed by atoms with E-state index in [1.54, 1.807) is 0 Å². The van der Waals surface area contributed by atoms with Crippen LogP contribution in [0.3, 0.4) is 0 Å². The van der Waals surface area contributed by atoms with Gasteiger partial charge in [0, 0.05) is 33.2 Å². The van der Waals surface area contributed by atoms with E-state index in [4.69, 9.17) is 6.85 Å². The summed E-state index contributed by atoms with van der Waals surface area (Å²) in [4.78, 5) is 1.82. The van der Waals surface area contributed by atoms with Gasteiger partial charge in [0.05, 0.1) is 31.7 Å². The van der Waals surface area contributed by atoms with E-state index >= 15 is 0 Å². The number of fused-ring (bicyclic) bond motifs is 7. The predicted octanol–water partition coefficient (Wildman–Crippen LogP) is 15.4. The minimum absolute atomic E-state index is 0.00639. The van der Waals surface area contributed by atoms with Crippen LogP contribution in [-0.4, -0.2) is 4.57 Å². The molecule has 2 heteroatoms. The lowest BCUT2D eigenvalue weighted by molar-refractivity contribution is 0.769. The van der Waals surface area contributed by atoms with Crippen molar-refractivity contribution in [2.75, 3.05) is 4.90 Å². The summed E-state index contributed by atoms with van der Waals surface area (Å²) in [5, 5.41) is 1.80. The van der Waals surface area contributed by atoms with Crippen LogP contribution in [0, 0.1) is 0 Å².